The van der Waals surface area contributed by atoms with Gasteiger partial charge in [-0.05, 0) is 42.9 Å². The number of aromatic nitrogens is 3. The molecule has 0 radical (unpaired) electrons. The van der Waals surface area contributed by atoms with Crippen LogP contribution in [-0.4, -0.2) is 39.0 Å². The van der Waals surface area contributed by atoms with Gasteiger partial charge in [0.1, 0.15) is 12.9 Å². The molecule has 1 fully saturated rings. The van der Waals surface area contributed by atoms with Crippen LogP contribution in [-0.2, 0) is 24.3 Å². The molecular formula is C18H23Cl2N3O2. The fourth-order valence-corrected chi connectivity index (χ4v) is 4.21. The van der Waals surface area contributed by atoms with E-state index in [0.717, 1.165) is 24.3 Å². The number of aliphatic hydroxyl groups is 1. The molecule has 1 aromatic carbocycles. The summed E-state index contributed by atoms with van der Waals surface area (Å²) in [7, 11) is 1.61. The van der Waals surface area contributed by atoms with Gasteiger partial charge in [-0.1, -0.05) is 23.7 Å². The van der Waals surface area contributed by atoms with Crippen LogP contribution in [0.1, 0.15) is 24.2 Å². The van der Waals surface area contributed by atoms with E-state index in [9.17, 15) is 5.11 Å². The van der Waals surface area contributed by atoms with Crippen LogP contribution in [0.2, 0.25) is 5.02 Å². The maximum Gasteiger partial charge on any atom is 0.176 e. The number of halogens is 2. The molecule has 0 bridgehead atoms. The SMILES string of the molecule is COCc1ncn(CC2(CCl)CCC(Cc3ccc(Cl)cc3)C2O)n1. The van der Waals surface area contributed by atoms with Gasteiger partial charge in [-0.25, -0.2) is 4.98 Å². The molecule has 0 spiro atoms. The molecular weight excluding hydrogens is 361 g/mol. The van der Waals surface area contributed by atoms with E-state index in [-0.39, 0.29) is 11.3 Å². The van der Waals surface area contributed by atoms with Crippen molar-refractivity contribution in [2.24, 2.45) is 11.3 Å². The lowest BCUT2D eigenvalue weighted by molar-refractivity contribution is 0.0241. The van der Waals surface area contributed by atoms with Crippen molar-refractivity contribution < 1.29 is 9.84 Å². The Kier molecular flexibility index (Phi) is 6.00. The number of benzene rings is 1. The van der Waals surface area contributed by atoms with E-state index in [2.05, 4.69) is 10.1 Å². The third-order valence-electron chi connectivity index (χ3n) is 5.10. The highest BCUT2D eigenvalue weighted by atomic mass is 35.5. The van der Waals surface area contributed by atoms with Gasteiger partial charge in [0.05, 0.1) is 12.6 Å². The van der Waals surface area contributed by atoms with Crippen molar-refractivity contribution in [1.29, 1.82) is 0 Å². The topological polar surface area (TPSA) is 60.2 Å². The first-order valence-electron chi connectivity index (χ1n) is 8.42. The lowest BCUT2D eigenvalue weighted by Gasteiger charge is -2.32. The summed E-state index contributed by atoms with van der Waals surface area (Å²) >= 11 is 12.3. The number of rotatable bonds is 7. The van der Waals surface area contributed by atoms with Crippen LogP contribution in [0.4, 0.5) is 0 Å². The Bertz CT molecular complexity index is 692. The second-order valence-electron chi connectivity index (χ2n) is 6.86. The third-order valence-corrected chi connectivity index (χ3v) is 5.88. The maximum absolute atomic E-state index is 11.0. The summed E-state index contributed by atoms with van der Waals surface area (Å²) < 4.78 is 6.82. The summed E-state index contributed by atoms with van der Waals surface area (Å²) in [5.74, 6) is 1.21. The van der Waals surface area contributed by atoms with Gasteiger partial charge in [0.25, 0.3) is 0 Å². The van der Waals surface area contributed by atoms with Gasteiger partial charge < -0.3 is 9.84 Å². The molecule has 5 nitrogen and oxygen atoms in total. The van der Waals surface area contributed by atoms with E-state index >= 15 is 0 Å². The zero-order valence-electron chi connectivity index (χ0n) is 14.2. The summed E-state index contributed by atoms with van der Waals surface area (Å²) in [6.45, 7) is 0.939. The lowest BCUT2D eigenvalue weighted by Crippen LogP contribution is -2.39. The van der Waals surface area contributed by atoms with E-state index in [1.54, 1.807) is 18.1 Å². The molecule has 3 atom stereocenters. The first-order chi connectivity index (χ1) is 12.1. The Balaban J connectivity index is 1.69. The Morgan fingerprint density at radius 1 is 1.36 bits per heavy atom. The molecule has 1 N–H and O–H groups in total. The number of alkyl halides is 1. The standard InChI is InChI=1S/C18H23Cl2N3O2/c1-25-9-16-21-12-23(22-16)11-18(10-19)7-6-14(17(18)24)8-13-2-4-15(20)5-3-13/h2-5,12,14,17,24H,6-11H2,1H3. The number of ether oxygens (including phenoxy) is 1. The van der Waals surface area contributed by atoms with Crippen LogP contribution in [0.15, 0.2) is 30.6 Å². The molecule has 3 unspecified atom stereocenters. The third kappa shape index (κ3) is 4.17. The van der Waals surface area contributed by atoms with Crippen LogP contribution >= 0.6 is 23.2 Å². The van der Waals surface area contributed by atoms with Crippen LogP contribution in [0.25, 0.3) is 0 Å². The molecule has 25 heavy (non-hydrogen) atoms. The van der Waals surface area contributed by atoms with Crippen molar-refractivity contribution in [3.63, 3.8) is 0 Å². The summed E-state index contributed by atoms with van der Waals surface area (Å²) in [6, 6.07) is 7.81. The Morgan fingerprint density at radius 3 is 2.80 bits per heavy atom. The number of hydrogen-bond acceptors (Lipinski definition) is 4. The number of nitrogens with zero attached hydrogens (tertiary/aromatic N) is 3. The zero-order chi connectivity index (χ0) is 17.9. The molecule has 1 aromatic heterocycles. The van der Waals surface area contributed by atoms with Gasteiger partial charge in [-0.3, -0.25) is 4.68 Å². The number of methoxy groups -OCH3 is 1. The van der Waals surface area contributed by atoms with Crippen LogP contribution in [0, 0.1) is 11.3 Å². The van der Waals surface area contributed by atoms with E-state index < -0.39 is 6.10 Å². The van der Waals surface area contributed by atoms with Crippen molar-refractivity contribution in [2.45, 2.75) is 38.5 Å². The summed E-state index contributed by atoms with van der Waals surface area (Å²) in [4.78, 5) is 4.22. The second-order valence-corrected chi connectivity index (χ2v) is 7.57. The fraction of sp³-hybridized carbons (Fsp3) is 0.556. The number of aliphatic hydroxyl groups excluding tert-OH is 1. The molecule has 0 amide bonds. The van der Waals surface area contributed by atoms with Crippen LogP contribution in [0.3, 0.4) is 0 Å². The first kappa shape index (κ1) is 18.6. The molecule has 0 saturated heterocycles. The van der Waals surface area contributed by atoms with Gasteiger partial charge >= 0.3 is 0 Å². The number of hydrogen-bond donors (Lipinski definition) is 1. The normalized spacial score (nSPS) is 26.2. The maximum atomic E-state index is 11.0. The second kappa shape index (κ2) is 8.04. The lowest BCUT2D eigenvalue weighted by atomic mass is 9.83. The molecule has 1 aliphatic rings. The van der Waals surface area contributed by atoms with E-state index in [4.69, 9.17) is 27.9 Å². The molecule has 1 saturated carbocycles. The zero-order valence-corrected chi connectivity index (χ0v) is 15.7. The summed E-state index contributed by atoms with van der Waals surface area (Å²) in [5.41, 5.74) is 0.804. The monoisotopic (exact) mass is 383 g/mol. The molecule has 7 heteroatoms. The fourth-order valence-electron chi connectivity index (χ4n) is 3.70. The minimum Gasteiger partial charge on any atom is -0.392 e. The molecule has 1 heterocycles. The summed E-state index contributed by atoms with van der Waals surface area (Å²) in [6.07, 6.45) is 3.84. The van der Waals surface area contributed by atoms with E-state index in [1.165, 1.54) is 5.56 Å². The predicted octanol–water partition coefficient (Wildman–Crippen LogP) is 3.32. The average Bonchev–Trinajstić information content (AvgIpc) is 3.17. The van der Waals surface area contributed by atoms with Crippen molar-refractivity contribution in [2.75, 3.05) is 13.0 Å². The highest BCUT2D eigenvalue weighted by molar-refractivity contribution is 6.30. The van der Waals surface area contributed by atoms with Gasteiger partial charge in [0, 0.05) is 23.4 Å². The van der Waals surface area contributed by atoms with Gasteiger partial charge in [0.15, 0.2) is 5.82 Å². The first-order valence-corrected chi connectivity index (χ1v) is 9.33. The minimum atomic E-state index is -0.476. The molecule has 1 aliphatic carbocycles. The summed E-state index contributed by atoms with van der Waals surface area (Å²) in [5, 5.41) is 16.1. The van der Waals surface area contributed by atoms with E-state index in [0.29, 0.717) is 24.9 Å². The predicted molar refractivity (Wildman–Crippen MR) is 97.8 cm³/mol. The van der Waals surface area contributed by atoms with Crippen molar-refractivity contribution in [3.05, 3.63) is 47.0 Å². The van der Waals surface area contributed by atoms with Crippen molar-refractivity contribution in [1.82, 2.24) is 14.8 Å². The minimum absolute atomic E-state index is 0.182. The highest BCUT2D eigenvalue weighted by Gasteiger charge is 2.47. The van der Waals surface area contributed by atoms with Gasteiger partial charge in [0.2, 0.25) is 0 Å². The molecule has 3 rings (SSSR count). The molecule has 0 aliphatic heterocycles. The largest absolute Gasteiger partial charge is 0.392 e. The van der Waals surface area contributed by atoms with Gasteiger partial charge in [-0.15, -0.1) is 11.6 Å². The van der Waals surface area contributed by atoms with Crippen LogP contribution < -0.4 is 0 Å². The van der Waals surface area contributed by atoms with E-state index in [1.807, 2.05) is 24.3 Å². The smallest absolute Gasteiger partial charge is 0.176 e. The highest BCUT2D eigenvalue weighted by Crippen LogP contribution is 2.45. The Hall–Kier alpha value is -1.14. The van der Waals surface area contributed by atoms with Crippen molar-refractivity contribution >= 4 is 23.2 Å². The van der Waals surface area contributed by atoms with Gasteiger partial charge in [-0.2, -0.15) is 5.10 Å². The van der Waals surface area contributed by atoms with Crippen molar-refractivity contribution in [3.8, 4) is 0 Å². The Labute approximate surface area is 157 Å². The molecule has 136 valence electrons. The quantitative estimate of drug-likeness (QED) is 0.744. The molecule has 2 aromatic rings. The van der Waals surface area contributed by atoms with Crippen LogP contribution in [0.5, 0.6) is 0 Å². The average molecular weight is 384 g/mol. The Morgan fingerprint density at radius 2 is 2.12 bits per heavy atom.